The van der Waals surface area contributed by atoms with Crippen molar-refractivity contribution in [1.82, 2.24) is 10.2 Å². The van der Waals surface area contributed by atoms with Gasteiger partial charge in [-0.15, -0.1) is 0 Å². The Balaban J connectivity index is 1.59. The molecule has 0 bridgehead atoms. The predicted molar refractivity (Wildman–Crippen MR) is 98.8 cm³/mol. The summed E-state index contributed by atoms with van der Waals surface area (Å²) in [7, 11) is 0. The summed E-state index contributed by atoms with van der Waals surface area (Å²) >= 11 is 5.94. The normalized spacial score (nSPS) is 14.2. The van der Waals surface area contributed by atoms with Crippen LogP contribution < -0.4 is 5.32 Å². The molecule has 1 saturated heterocycles. The zero-order valence-corrected chi connectivity index (χ0v) is 14.8. The van der Waals surface area contributed by atoms with Gasteiger partial charge in [0, 0.05) is 35.8 Å². The lowest BCUT2D eigenvalue weighted by atomic mass is 10.1. The molecule has 4 nitrogen and oxygen atoms in total. The molecule has 1 N–H and O–H groups in total. The van der Waals surface area contributed by atoms with Crippen molar-refractivity contribution >= 4 is 23.4 Å². The first-order valence-corrected chi connectivity index (χ1v) is 8.93. The second kappa shape index (κ2) is 8.17. The van der Waals surface area contributed by atoms with Crippen LogP contribution in [0.15, 0.2) is 48.5 Å². The van der Waals surface area contributed by atoms with Crippen molar-refractivity contribution in [3.8, 4) is 0 Å². The molecule has 2 amide bonds. The predicted octanol–water partition coefficient (Wildman–Crippen LogP) is 3.90. The number of benzene rings is 2. The number of likely N-dealkylation sites (tertiary alicyclic amines) is 1. The van der Waals surface area contributed by atoms with E-state index in [0.29, 0.717) is 22.7 Å². The first-order valence-electron chi connectivity index (χ1n) is 8.55. The number of hydrogen-bond acceptors (Lipinski definition) is 2. The summed E-state index contributed by atoms with van der Waals surface area (Å²) in [6, 6.07) is 14.2. The lowest BCUT2D eigenvalue weighted by molar-refractivity contribution is 0.0724. The lowest BCUT2D eigenvalue weighted by Gasteiger charge is -2.26. The van der Waals surface area contributed by atoms with Gasteiger partial charge < -0.3 is 10.2 Å². The molecule has 0 aromatic heterocycles. The summed E-state index contributed by atoms with van der Waals surface area (Å²) in [6.07, 6.45) is 3.32. The van der Waals surface area contributed by atoms with Crippen LogP contribution in [0.2, 0.25) is 5.02 Å². The number of amides is 2. The van der Waals surface area contributed by atoms with E-state index in [0.717, 1.165) is 31.5 Å². The Hall–Kier alpha value is -2.33. The molecule has 2 aromatic carbocycles. The van der Waals surface area contributed by atoms with E-state index in [2.05, 4.69) is 5.32 Å². The molecule has 0 spiro atoms. The third kappa shape index (κ3) is 4.60. The number of nitrogens with zero attached hydrogens (tertiary/aromatic N) is 1. The van der Waals surface area contributed by atoms with Crippen LogP contribution in [0, 0.1) is 0 Å². The zero-order chi connectivity index (χ0) is 17.6. The van der Waals surface area contributed by atoms with Crippen molar-refractivity contribution in [2.45, 2.75) is 25.8 Å². The molecular weight excluding hydrogens is 336 g/mol. The number of nitrogens with one attached hydrogen (secondary N) is 1. The molecule has 0 atom stereocenters. The fourth-order valence-corrected chi connectivity index (χ4v) is 3.19. The minimum Gasteiger partial charge on any atom is -0.348 e. The second-order valence-corrected chi connectivity index (χ2v) is 6.68. The van der Waals surface area contributed by atoms with E-state index >= 15 is 0 Å². The van der Waals surface area contributed by atoms with Gasteiger partial charge in [-0.25, -0.2) is 0 Å². The molecule has 1 fully saturated rings. The quantitative estimate of drug-likeness (QED) is 0.903. The van der Waals surface area contributed by atoms with Gasteiger partial charge in [0.1, 0.15) is 0 Å². The first kappa shape index (κ1) is 17.5. The van der Waals surface area contributed by atoms with Crippen LogP contribution in [0.25, 0.3) is 0 Å². The molecule has 0 aliphatic carbocycles. The van der Waals surface area contributed by atoms with Crippen molar-refractivity contribution in [2.75, 3.05) is 13.1 Å². The van der Waals surface area contributed by atoms with Crippen molar-refractivity contribution in [3.63, 3.8) is 0 Å². The summed E-state index contributed by atoms with van der Waals surface area (Å²) in [5.41, 5.74) is 2.11. The molecule has 130 valence electrons. The number of carbonyl (C=O) groups is 2. The van der Waals surface area contributed by atoms with E-state index in [1.807, 2.05) is 23.1 Å². The molecule has 5 heteroatoms. The van der Waals surface area contributed by atoms with E-state index in [1.54, 1.807) is 30.3 Å². The minimum atomic E-state index is -0.169. The van der Waals surface area contributed by atoms with E-state index in [1.165, 1.54) is 6.42 Å². The van der Waals surface area contributed by atoms with Gasteiger partial charge in [-0.3, -0.25) is 9.59 Å². The Morgan fingerprint density at radius 1 is 0.960 bits per heavy atom. The van der Waals surface area contributed by atoms with Crippen LogP contribution >= 0.6 is 11.6 Å². The third-order valence-electron chi connectivity index (χ3n) is 4.38. The molecule has 0 saturated carbocycles. The molecule has 0 unspecified atom stereocenters. The summed E-state index contributed by atoms with van der Waals surface area (Å²) in [5.74, 6) is -0.123. The highest BCUT2D eigenvalue weighted by molar-refractivity contribution is 6.30. The second-order valence-electron chi connectivity index (χ2n) is 6.24. The summed E-state index contributed by atoms with van der Waals surface area (Å²) in [6.45, 7) is 2.05. The standard InChI is InChI=1S/C20H21ClN2O2/c21-18-6-4-5-15(13-18)14-22-19(24)16-7-9-17(10-8-16)20(25)23-11-2-1-3-12-23/h4-10,13H,1-3,11-12,14H2,(H,22,24). The van der Waals surface area contributed by atoms with Gasteiger partial charge in [0.25, 0.3) is 11.8 Å². The molecule has 0 radical (unpaired) electrons. The average molecular weight is 357 g/mol. The number of piperidine rings is 1. The Labute approximate surface area is 152 Å². The van der Waals surface area contributed by atoms with Crippen LogP contribution in [-0.4, -0.2) is 29.8 Å². The van der Waals surface area contributed by atoms with Crippen LogP contribution in [0.5, 0.6) is 0 Å². The van der Waals surface area contributed by atoms with Gasteiger partial charge in [0.2, 0.25) is 0 Å². The SMILES string of the molecule is O=C(NCc1cccc(Cl)c1)c1ccc(C(=O)N2CCCCC2)cc1. The third-order valence-corrected chi connectivity index (χ3v) is 4.61. The zero-order valence-electron chi connectivity index (χ0n) is 14.0. The fraction of sp³-hybridized carbons (Fsp3) is 0.300. The number of hydrogen-bond donors (Lipinski definition) is 1. The maximum absolute atomic E-state index is 12.4. The lowest BCUT2D eigenvalue weighted by Crippen LogP contribution is -2.35. The van der Waals surface area contributed by atoms with E-state index in [9.17, 15) is 9.59 Å². The van der Waals surface area contributed by atoms with Gasteiger partial charge in [0.05, 0.1) is 0 Å². The number of carbonyl (C=O) groups excluding carboxylic acids is 2. The van der Waals surface area contributed by atoms with E-state index in [4.69, 9.17) is 11.6 Å². The maximum atomic E-state index is 12.4. The molecule has 1 aliphatic heterocycles. The van der Waals surface area contributed by atoms with E-state index < -0.39 is 0 Å². The maximum Gasteiger partial charge on any atom is 0.253 e. The smallest absolute Gasteiger partial charge is 0.253 e. The number of rotatable bonds is 4. The molecule has 2 aromatic rings. The van der Waals surface area contributed by atoms with Gasteiger partial charge in [0.15, 0.2) is 0 Å². The molecule has 1 heterocycles. The first-order chi connectivity index (χ1) is 12.1. The Morgan fingerprint density at radius 2 is 1.64 bits per heavy atom. The summed E-state index contributed by atoms with van der Waals surface area (Å²) < 4.78 is 0. The average Bonchev–Trinajstić information content (AvgIpc) is 2.66. The summed E-state index contributed by atoms with van der Waals surface area (Å²) in [5, 5.41) is 3.51. The Bertz CT molecular complexity index is 753. The highest BCUT2D eigenvalue weighted by Crippen LogP contribution is 2.14. The number of halogens is 1. The van der Waals surface area contributed by atoms with Gasteiger partial charge in [-0.2, -0.15) is 0 Å². The highest BCUT2D eigenvalue weighted by atomic mass is 35.5. The van der Waals surface area contributed by atoms with Crippen LogP contribution in [0.1, 0.15) is 45.5 Å². The van der Waals surface area contributed by atoms with Crippen LogP contribution in [0.3, 0.4) is 0 Å². The van der Waals surface area contributed by atoms with Gasteiger partial charge >= 0.3 is 0 Å². The minimum absolute atomic E-state index is 0.0468. The molecule has 3 rings (SSSR count). The van der Waals surface area contributed by atoms with Crippen molar-refractivity contribution in [2.24, 2.45) is 0 Å². The summed E-state index contributed by atoms with van der Waals surface area (Å²) in [4.78, 5) is 26.6. The molecular formula is C20H21ClN2O2. The largest absolute Gasteiger partial charge is 0.348 e. The van der Waals surface area contributed by atoms with Crippen molar-refractivity contribution < 1.29 is 9.59 Å². The molecule has 25 heavy (non-hydrogen) atoms. The Morgan fingerprint density at radius 3 is 2.32 bits per heavy atom. The van der Waals surface area contributed by atoms with Gasteiger partial charge in [-0.1, -0.05) is 23.7 Å². The topological polar surface area (TPSA) is 49.4 Å². The van der Waals surface area contributed by atoms with Crippen molar-refractivity contribution in [3.05, 3.63) is 70.2 Å². The van der Waals surface area contributed by atoms with Gasteiger partial charge in [-0.05, 0) is 61.2 Å². The monoisotopic (exact) mass is 356 g/mol. The van der Waals surface area contributed by atoms with E-state index in [-0.39, 0.29) is 11.8 Å². The molecule has 1 aliphatic rings. The van der Waals surface area contributed by atoms with Crippen LogP contribution in [-0.2, 0) is 6.54 Å². The Kier molecular flexibility index (Phi) is 5.71. The van der Waals surface area contributed by atoms with Crippen LogP contribution in [0.4, 0.5) is 0 Å². The fourth-order valence-electron chi connectivity index (χ4n) is 2.98. The highest BCUT2D eigenvalue weighted by Gasteiger charge is 2.18. The van der Waals surface area contributed by atoms with Crippen molar-refractivity contribution in [1.29, 1.82) is 0 Å².